The van der Waals surface area contributed by atoms with Gasteiger partial charge in [0.15, 0.2) is 5.17 Å². The van der Waals surface area contributed by atoms with Crippen LogP contribution < -0.4 is 5.32 Å². The highest BCUT2D eigenvalue weighted by Crippen LogP contribution is 2.46. The lowest BCUT2D eigenvalue weighted by Gasteiger charge is -2.22. The molecule has 1 N–H and O–H groups in total. The number of nitrogens with one attached hydrogen (secondary N) is 1. The lowest BCUT2D eigenvalue weighted by atomic mass is 9.96. The highest BCUT2D eigenvalue weighted by Gasteiger charge is 2.40. The van der Waals surface area contributed by atoms with Crippen LogP contribution in [0, 0.1) is 11.8 Å². The first-order valence-electron chi connectivity index (χ1n) is 6.67. The molecule has 0 amide bonds. The minimum atomic E-state index is 0.293. The topological polar surface area (TPSA) is 24.4 Å². The summed E-state index contributed by atoms with van der Waals surface area (Å²) in [7, 11) is 0. The molecule has 16 heavy (non-hydrogen) atoms. The molecule has 4 unspecified atom stereocenters. The fourth-order valence-electron chi connectivity index (χ4n) is 3.34. The molecule has 0 spiro atoms. The molecule has 0 aromatic heterocycles. The highest BCUT2D eigenvalue weighted by atomic mass is 32.2. The van der Waals surface area contributed by atoms with Crippen LogP contribution in [0.25, 0.3) is 0 Å². The van der Waals surface area contributed by atoms with Gasteiger partial charge >= 0.3 is 0 Å². The van der Waals surface area contributed by atoms with Crippen LogP contribution in [0.2, 0.25) is 0 Å². The first-order chi connectivity index (χ1) is 7.68. The quantitative estimate of drug-likeness (QED) is 0.799. The van der Waals surface area contributed by atoms with E-state index in [1.165, 1.54) is 43.0 Å². The van der Waals surface area contributed by atoms with Gasteiger partial charge in [-0.1, -0.05) is 25.1 Å². The van der Waals surface area contributed by atoms with E-state index in [1.807, 2.05) is 11.8 Å². The van der Waals surface area contributed by atoms with Crippen LogP contribution in [0.3, 0.4) is 0 Å². The number of hydrogen-bond acceptors (Lipinski definition) is 2. The first kappa shape index (κ1) is 10.9. The van der Waals surface area contributed by atoms with Crippen LogP contribution in [-0.2, 0) is 0 Å². The van der Waals surface area contributed by atoms with E-state index in [2.05, 4.69) is 19.2 Å². The number of rotatable bonds is 2. The highest BCUT2D eigenvalue weighted by molar-refractivity contribution is 8.14. The Morgan fingerprint density at radius 1 is 1.44 bits per heavy atom. The molecule has 90 valence electrons. The molecule has 2 saturated carbocycles. The monoisotopic (exact) mass is 238 g/mol. The number of aliphatic imine (C=N–C) groups is 1. The van der Waals surface area contributed by atoms with Crippen molar-refractivity contribution in [2.24, 2.45) is 16.8 Å². The molecule has 2 aliphatic carbocycles. The van der Waals surface area contributed by atoms with Gasteiger partial charge in [-0.25, -0.2) is 0 Å². The Labute approximate surface area is 103 Å². The Balaban J connectivity index is 1.66. The van der Waals surface area contributed by atoms with Gasteiger partial charge in [-0.2, -0.15) is 0 Å². The van der Waals surface area contributed by atoms with Crippen molar-refractivity contribution in [2.75, 3.05) is 5.75 Å². The van der Waals surface area contributed by atoms with Gasteiger partial charge < -0.3 is 5.32 Å². The van der Waals surface area contributed by atoms with E-state index in [4.69, 9.17) is 4.99 Å². The number of hydrogen-bond donors (Lipinski definition) is 1. The molecule has 3 rings (SSSR count). The molecule has 1 aliphatic heterocycles. The van der Waals surface area contributed by atoms with Gasteiger partial charge in [-0.05, 0) is 44.4 Å². The summed E-state index contributed by atoms with van der Waals surface area (Å²) in [5.41, 5.74) is 0.293. The normalized spacial score (nSPS) is 48.9. The van der Waals surface area contributed by atoms with Crippen molar-refractivity contribution >= 4 is 16.9 Å². The van der Waals surface area contributed by atoms with Gasteiger partial charge in [0.05, 0.1) is 6.04 Å². The second kappa shape index (κ2) is 3.94. The third kappa shape index (κ3) is 1.87. The van der Waals surface area contributed by atoms with E-state index in [-0.39, 0.29) is 0 Å². The molecule has 3 aliphatic rings. The Hall–Kier alpha value is -0.180. The lowest BCUT2D eigenvalue weighted by molar-refractivity contribution is 0.416. The van der Waals surface area contributed by atoms with Crippen LogP contribution in [0.5, 0.6) is 0 Å². The Morgan fingerprint density at radius 2 is 2.31 bits per heavy atom. The summed E-state index contributed by atoms with van der Waals surface area (Å²) < 4.78 is 0. The zero-order valence-electron chi connectivity index (χ0n) is 10.3. The number of thioether (sulfide) groups is 1. The summed E-state index contributed by atoms with van der Waals surface area (Å²) in [6.45, 7) is 4.57. The summed E-state index contributed by atoms with van der Waals surface area (Å²) in [5, 5.41) is 4.84. The molecule has 0 aromatic carbocycles. The summed E-state index contributed by atoms with van der Waals surface area (Å²) in [6, 6.07) is 0.646. The van der Waals surface area contributed by atoms with Gasteiger partial charge in [0.2, 0.25) is 0 Å². The van der Waals surface area contributed by atoms with Crippen molar-refractivity contribution in [1.82, 2.24) is 5.32 Å². The van der Waals surface area contributed by atoms with Crippen LogP contribution in [0.15, 0.2) is 4.99 Å². The number of fused-ring (bicyclic) bond motifs is 2. The molecule has 3 fully saturated rings. The van der Waals surface area contributed by atoms with Crippen LogP contribution in [0.1, 0.15) is 46.0 Å². The fourth-order valence-corrected chi connectivity index (χ4v) is 4.60. The Bertz CT molecular complexity index is 315. The molecule has 0 radical (unpaired) electrons. The molecular formula is C13H22N2S. The van der Waals surface area contributed by atoms with Gasteiger partial charge in [-0.3, -0.25) is 4.99 Å². The minimum Gasteiger partial charge on any atom is -0.359 e. The number of amidine groups is 1. The Morgan fingerprint density at radius 3 is 2.88 bits per heavy atom. The molecule has 3 heteroatoms. The summed E-state index contributed by atoms with van der Waals surface area (Å²) >= 11 is 1.93. The predicted molar refractivity (Wildman–Crippen MR) is 71.0 cm³/mol. The van der Waals surface area contributed by atoms with Crippen LogP contribution >= 0.6 is 11.8 Å². The maximum absolute atomic E-state index is 4.97. The molecule has 1 saturated heterocycles. The molecular weight excluding hydrogens is 216 g/mol. The van der Waals surface area contributed by atoms with E-state index in [1.54, 1.807) is 0 Å². The molecule has 2 nitrogen and oxygen atoms in total. The van der Waals surface area contributed by atoms with Crippen molar-refractivity contribution in [2.45, 2.75) is 57.5 Å². The van der Waals surface area contributed by atoms with Crippen molar-refractivity contribution in [3.05, 3.63) is 0 Å². The second-order valence-electron chi connectivity index (χ2n) is 6.00. The predicted octanol–water partition coefficient (Wildman–Crippen LogP) is 3.04. The summed E-state index contributed by atoms with van der Waals surface area (Å²) in [5.74, 6) is 3.10. The minimum absolute atomic E-state index is 0.293. The maximum Gasteiger partial charge on any atom is 0.157 e. The van der Waals surface area contributed by atoms with Crippen molar-refractivity contribution in [3.8, 4) is 0 Å². The van der Waals surface area contributed by atoms with Gasteiger partial charge in [0.1, 0.15) is 0 Å². The average Bonchev–Trinajstić information content (AvgIpc) is 2.95. The first-order valence-corrected chi connectivity index (χ1v) is 7.66. The SMILES string of the molecule is CCC1(C)CSC(=NC2CC3CCC2C3)N1. The van der Waals surface area contributed by atoms with E-state index in [9.17, 15) is 0 Å². The average molecular weight is 238 g/mol. The third-order valence-corrected chi connectivity index (χ3v) is 5.96. The smallest absolute Gasteiger partial charge is 0.157 e. The van der Waals surface area contributed by atoms with Crippen molar-refractivity contribution < 1.29 is 0 Å². The zero-order chi connectivity index (χ0) is 11.2. The van der Waals surface area contributed by atoms with Gasteiger partial charge in [-0.15, -0.1) is 0 Å². The summed E-state index contributed by atoms with van der Waals surface area (Å²) in [6.07, 6.45) is 6.91. The second-order valence-corrected chi connectivity index (χ2v) is 6.97. The third-order valence-electron chi connectivity index (χ3n) is 4.70. The molecule has 1 heterocycles. The number of nitrogens with zero attached hydrogens (tertiary/aromatic N) is 1. The molecule has 4 atom stereocenters. The van der Waals surface area contributed by atoms with Crippen molar-refractivity contribution in [1.29, 1.82) is 0 Å². The fraction of sp³-hybridized carbons (Fsp3) is 0.923. The van der Waals surface area contributed by atoms with E-state index >= 15 is 0 Å². The standard InChI is InChI=1S/C13H22N2S/c1-3-13(2)8-16-12(15-13)14-11-7-9-4-5-10(11)6-9/h9-11H,3-8H2,1-2H3,(H,14,15). The van der Waals surface area contributed by atoms with Gasteiger partial charge in [0, 0.05) is 11.3 Å². The van der Waals surface area contributed by atoms with Crippen molar-refractivity contribution in [3.63, 3.8) is 0 Å². The maximum atomic E-state index is 4.97. The van der Waals surface area contributed by atoms with Crippen LogP contribution in [0.4, 0.5) is 0 Å². The lowest BCUT2D eigenvalue weighted by Crippen LogP contribution is -2.40. The molecule has 2 bridgehead atoms. The summed E-state index contributed by atoms with van der Waals surface area (Å²) in [4.78, 5) is 4.97. The Kier molecular flexibility index (Phi) is 2.69. The largest absolute Gasteiger partial charge is 0.359 e. The van der Waals surface area contributed by atoms with E-state index < -0.39 is 0 Å². The molecule has 0 aromatic rings. The van der Waals surface area contributed by atoms with Crippen LogP contribution in [-0.4, -0.2) is 22.5 Å². The van der Waals surface area contributed by atoms with Gasteiger partial charge in [0.25, 0.3) is 0 Å². The zero-order valence-corrected chi connectivity index (χ0v) is 11.1. The van der Waals surface area contributed by atoms with E-state index in [0.29, 0.717) is 11.6 Å². The van der Waals surface area contributed by atoms with E-state index in [0.717, 1.165) is 11.8 Å².